The number of carbonyl (C=O) groups is 2. The Morgan fingerprint density at radius 3 is 2.80 bits per heavy atom. The molecule has 0 unspecified atom stereocenters. The molecule has 2 aromatic carbocycles. The van der Waals surface area contributed by atoms with Crippen LogP contribution < -0.4 is 19.7 Å². The van der Waals surface area contributed by atoms with Gasteiger partial charge in [0.2, 0.25) is 0 Å². The summed E-state index contributed by atoms with van der Waals surface area (Å²) < 4.78 is 11.0. The number of hydrogen-bond donors (Lipinski definition) is 1. The molecule has 1 aliphatic heterocycles. The molecule has 2 amide bonds. The van der Waals surface area contributed by atoms with Crippen LogP contribution in [0.4, 0.5) is 11.4 Å². The molecule has 0 spiro atoms. The van der Waals surface area contributed by atoms with E-state index in [2.05, 4.69) is 5.32 Å². The molecule has 0 aliphatic carbocycles. The number of para-hydroxylation sites is 1. The van der Waals surface area contributed by atoms with E-state index in [-0.39, 0.29) is 25.0 Å². The molecule has 1 aliphatic rings. The highest BCUT2D eigenvalue weighted by atomic mass is 16.5. The van der Waals surface area contributed by atoms with E-state index in [1.165, 1.54) is 10.5 Å². The van der Waals surface area contributed by atoms with Crippen molar-refractivity contribution < 1.29 is 19.1 Å². The fraction of sp³-hybridized carbons (Fsp3) is 0.263. The summed E-state index contributed by atoms with van der Waals surface area (Å²) in [6.45, 7) is 3.86. The van der Waals surface area contributed by atoms with Gasteiger partial charge in [-0.15, -0.1) is 0 Å². The van der Waals surface area contributed by atoms with Crippen LogP contribution in [-0.2, 0) is 9.59 Å². The van der Waals surface area contributed by atoms with Crippen LogP contribution in [0.3, 0.4) is 0 Å². The number of anilines is 2. The average Bonchev–Trinajstić information content (AvgIpc) is 2.59. The number of rotatable bonds is 4. The van der Waals surface area contributed by atoms with Crippen LogP contribution >= 0.6 is 0 Å². The number of ether oxygens (including phenoxy) is 2. The summed E-state index contributed by atoms with van der Waals surface area (Å²) in [7, 11) is 1.68. The Hall–Kier alpha value is -3.02. The monoisotopic (exact) mass is 340 g/mol. The maximum atomic E-state index is 12.2. The molecule has 130 valence electrons. The van der Waals surface area contributed by atoms with Crippen LogP contribution in [0.1, 0.15) is 11.1 Å². The van der Waals surface area contributed by atoms with Gasteiger partial charge in [0, 0.05) is 7.05 Å². The second-order valence-corrected chi connectivity index (χ2v) is 5.98. The summed E-state index contributed by atoms with van der Waals surface area (Å²) in [5, 5.41) is 2.77. The third-order valence-electron chi connectivity index (χ3n) is 4.19. The molecule has 1 N–H and O–H groups in total. The molecular formula is C19H20N2O4. The summed E-state index contributed by atoms with van der Waals surface area (Å²) in [5.41, 5.74) is 3.43. The number of carbonyl (C=O) groups excluding carboxylic acids is 2. The maximum absolute atomic E-state index is 12.2. The molecule has 0 radical (unpaired) electrons. The minimum atomic E-state index is -0.296. The fourth-order valence-corrected chi connectivity index (χ4v) is 2.54. The van der Waals surface area contributed by atoms with Crippen LogP contribution in [0.25, 0.3) is 0 Å². The molecule has 25 heavy (non-hydrogen) atoms. The van der Waals surface area contributed by atoms with E-state index >= 15 is 0 Å². The van der Waals surface area contributed by atoms with Crippen LogP contribution in [0.2, 0.25) is 0 Å². The largest absolute Gasteiger partial charge is 0.484 e. The second kappa shape index (κ2) is 6.84. The average molecular weight is 340 g/mol. The number of amides is 2. The molecule has 2 aromatic rings. The van der Waals surface area contributed by atoms with Gasteiger partial charge in [0.15, 0.2) is 19.0 Å². The van der Waals surface area contributed by atoms with E-state index < -0.39 is 0 Å². The lowest BCUT2D eigenvalue weighted by Gasteiger charge is -2.27. The summed E-state index contributed by atoms with van der Waals surface area (Å²) in [4.78, 5) is 25.4. The predicted octanol–water partition coefficient (Wildman–Crippen LogP) is 2.68. The summed E-state index contributed by atoms with van der Waals surface area (Å²) in [5.74, 6) is 0.711. The number of fused-ring (bicyclic) bond motifs is 1. The van der Waals surface area contributed by atoms with E-state index in [9.17, 15) is 9.59 Å². The van der Waals surface area contributed by atoms with Crippen molar-refractivity contribution in [2.24, 2.45) is 0 Å². The number of nitrogens with one attached hydrogen (secondary N) is 1. The minimum absolute atomic E-state index is 0.0461. The van der Waals surface area contributed by atoms with Crippen LogP contribution in [0, 0.1) is 13.8 Å². The van der Waals surface area contributed by atoms with E-state index in [0.717, 1.165) is 5.56 Å². The van der Waals surface area contributed by atoms with Gasteiger partial charge in [-0.3, -0.25) is 9.59 Å². The second-order valence-electron chi connectivity index (χ2n) is 5.98. The minimum Gasteiger partial charge on any atom is -0.484 e. The lowest BCUT2D eigenvalue weighted by molar-refractivity contribution is -0.121. The van der Waals surface area contributed by atoms with Crippen molar-refractivity contribution in [1.29, 1.82) is 0 Å². The van der Waals surface area contributed by atoms with Crippen molar-refractivity contribution in [2.45, 2.75) is 13.8 Å². The van der Waals surface area contributed by atoms with Gasteiger partial charge in [0.05, 0.1) is 11.4 Å². The highest BCUT2D eigenvalue weighted by Crippen LogP contribution is 2.37. The van der Waals surface area contributed by atoms with Gasteiger partial charge in [-0.2, -0.15) is 0 Å². The Balaban J connectivity index is 1.67. The third kappa shape index (κ3) is 3.57. The third-order valence-corrected chi connectivity index (χ3v) is 4.19. The SMILES string of the molecule is Cc1ccc(OCC(=O)Nc2cccc3c2OCC(=O)N3C)cc1C. The Bertz CT molecular complexity index is 832. The number of benzene rings is 2. The molecule has 6 heteroatoms. The number of likely N-dealkylation sites (N-methyl/N-ethyl adjacent to an activating group) is 1. The fourth-order valence-electron chi connectivity index (χ4n) is 2.54. The van der Waals surface area contributed by atoms with Gasteiger partial charge in [-0.25, -0.2) is 0 Å². The molecule has 0 aromatic heterocycles. The quantitative estimate of drug-likeness (QED) is 0.929. The van der Waals surface area contributed by atoms with Crippen molar-refractivity contribution in [2.75, 3.05) is 30.5 Å². The summed E-state index contributed by atoms with van der Waals surface area (Å²) in [6, 6.07) is 11.0. The first-order valence-corrected chi connectivity index (χ1v) is 7.98. The molecule has 1 heterocycles. The van der Waals surface area contributed by atoms with Crippen LogP contribution in [0.15, 0.2) is 36.4 Å². The molecular weight excluding hydrogens is 320 g/mol. The lowest BCUT2D eigenvalue weighted by atomic mass is 10.1. The van der Waals surface area contributed by atoms with E-state index in [0.29, 0.717) is 22.9 Å². The Labute approximate surface area is 146 Å². The van der Waals surface area contributed by atoms with E-state index in [1.54, 1.807) is 25.2 Å². The normalized spacial score (nSPS) is 13.1. The highest BCUT2D eigenvalue weighted by molar-refractivity contribution is 6.01. The van der Waals surface area contributed by atoms with Crippen LogP contribution in [-0.4, -0.2) is 32.1 Å². The smallest absolute Gasteiger partial charge is 0.264 e. The van der Waals surface area contributed by atoms with E-state index in [1.807, 2.05) is 32.0 Å². The van der Waals surface area contributed by atoms with Crippen molar-refractivity contribution in [3.05, 3.63) is 47.5 Å². The summed E-state index contributed by atoms with van der Waals surface area (Å²) in [6.07, 6.45) is 0. The number of aryl methyl sites for hydroxylation is 2. The van der Waals surface area contributed by atoms with Gasteiger partial charge < -0.3 is 19.7 Å². The molecule has 0 atom stereocenters. The van der Waals surface area contributed by atoms with Crippen LogP contribution in [0.5, 0.6) is 11.5 Å². The zero-order chi connectivity index (χ0) is 18.0. The Morgan fingerprint density at radius 1 is 1.24 bits per heavy atom. The van der Waals surface area contributed by atoms with Crippen molar-refractivity contribution >= 4 is 23.2 Å². The maximum Gasteiger partial charge on any atom is 0.264 e. The number of hydrogen-bond acceptors (Lipinski definition) is 4. The van der Waals surface area contributed by atoms with Gasteiger partial charge in [-0.1, -0.05) is 12.1 Å². The molecule has 6 nitrogen and oxygen atoms in total. The van der Waals surface area contributed by atoms with Gasteiger partial charge >= 0.3 is 0 Å². The zero-order valence-corrected chi connectivity index (χ0v) is 14.5. The van der Waals surface area contributed by atoms with Gasteiger partial charge in [0.1, 0.15) is 5.75 Å². The van der Waals surface area contributed by atoms with Crippen molar-refractivity contribution in [3.8, 4) is 11.5 Å². The zero-order valence-electron chi connectivity index (χ0n) is 14.5. The Kier molecular flexibility index (Phi) is 4.61. The first kappa shape index (κ1) is 16.8. The van der Waals surface area contributed by atoms with E-state index in [4.69, 9.17) is 9.47 Å². The van der Waals surface area contributed by atoms with Gasteiger partial charge in [0.25, 0.3) is 11.8 Å². The standard InChI is InChI=1S/C19H20N2O4/c1-12-7-8-14(9-13(12)2)24-10-17(22)20-15-5-4-6-16-19(15)25-11-18(23)21(16)3/h4-9H,10-11H2,1-3H3,(H,20,22). The molecule has 0 bridgehead atoms. The summed E-state index contributed by atoms with van der Waals surface area (Å²) >= 11 is 0. The Morgan fingerprint density at radius 2 is 2.04 bits per heavy atom. The molecule has 0 saturated carbocycles. The van der Waals surface area contributed by atoms with Crippen molar-refractivity contribution in [3.63, 3.8) is 0 Å². The number of nitrogens with zero attached hydrogens (tertiary/aromatic N) is 1. The first-order chi connectivity index (χ1) is 12.0. The van der Waals surface area contributed by atoms with Crippen molar-refractivity contribution in [1.82, 2.24) is 0 Å². The first-order valence-electron chi connectivity index (χ1n) is 7.98. The van der Waals surface area contributed by atoms with Gasteiger partial charge in [-0.05, 0) is 49.2 Å². The predicted molar refractivity (Wildman–Crippen MR) is 95.4 cm³/mol. The molecule has 0 fully saturated rings. The topological polar surface area (TPSA) is 67.9 Å². The molecule has 3 rings (SSSR count). The highest BCUT2D eigenvalue weighted by Gasteiger charge is 2.25. The molecule has 0 saturated heterocycles. The lowest BCUT2D eigenvalue weighted by Crippen LogP contribution is -2.36.